The van der Waals surface area contributed by atoms with E-state index >= 15 is 0 Å². The topological polar surface area (TPSA) is 0 Å². The molecule has 0 heterocycles. The molecule has 0 aromatic heterocycles. The van der Waals surface area contributed by atoms with Gasteiger partial charge in [-0.05, 0) is 0 Å². The maximum absolute atomic E-state index is 4.92. The van der Waals surface area contributed by atoms with Crippen molar-refractivity contribution in [2.24, 2.45) is 0 Å². The molecule has 4 aromatic carbocycles. The van der Waals surface area contributed by atoms with Gasteiger partial charge in [0.15, 0.2) is 0 Å². The quantitative estimate of drug-likeness (QED) is 0.165. The second kappa shape index (κ2) is 9.24. The van der Waals surface area contributed by atoms with Crippen molar-refractivity contribution in [1.29, 1.82) is 0 Å². The van der Waals surface area contributed by atoms with Gasteiger partial charge in [-0.3, -0.25) is 0 Å². The first-order valence-electron chi connectivity index (χ1n) is 16.5. The van der Waals surface area contributed by atoms with Gasteiger partial charge in [0.1, 0.15) is 0 Å². The summed E-state index contributed by atoms with van der Waals surface area (Å²) in [4.78, 5) is 0. The van der Waals surface area contributed by atoms with E-state index in [-0.39, 0.29) is 0 Å². The van der Waals surface area contributed by atoms with Crippen LogP contribution in [0.1, 0.15) is 71.6 Å². The Hall–Kier alpha value is -2.55. The van der Waals surface area contributed by atoms with Crippen LogP contribution in [-0.4, -0.2) is 6.94 Å². The van der Waals surface area contributed by atoms with Crippen molar-refractivity contribution in [2.75, 3.05) is 0 Å². The second-order valence-electron chi connectivity index (χ2n) is 17.5. The summed E-state index contributed by atoms with van der Waals surface area (Å²) in [7, 11) is 0. The summed E-state index contributed by atoms with van der Waals surface area (Å²) in [5, 5.41) is 0. The number of hydrogen-bond donors (Lipinski definition) is 0. The number of aryl methyl sites for hydroxylation is 2. The molecule has 2 aliphatic rings. The Bertz CT molecular complexity index is 1870. The van der Waals surface area contributed by atoms with Gasteiger partial charge in [0, 0.05) is 0 Å². The van der Waals surface area contributed by atoms with Crippen molar-refractivity contribution in [2.45, 2.75) is 73.0 Å². The first kappa shape index (κ1) is 30.5. The van der Waals surface area contributed by atoms with E-state index in [9.17, 15) is 0 Å². The van der Waals surface area contributed by atoms with E-state index in [0.717, 1.165) is 0 Å². The zero-order chi connectivity index (χ0) is 30.9. The number of benzene rings is 4. The Morgan fingerprint density at radius 2 is 0.977 bits per heavy atom. The molecule has 0 spiro atoms. The Kier molecular flexibility index (Phi) is 6.55. The number of fused-ring (bicyclic) bond motifs is 2. The zero-order valence-corrected chi connectivity index (χ0v) is 32.7. The van der Waals surface area contributed by atoms with Crippen molar-refractivity contribution in [3.63, 3.8) is 0 Å². The molecule has 2 unspecified atom stereocenters. The Morgan fingerprint density at radius 1 is 0.581 bits per heavy atom. The number of allylic oxidation sites excluding steroid dienone is 2. The molecule has 0 amide bonds. The summed E-state index contributed by atoms with van der Waals surface area (Å²) in [5.74, 6) is 0. The predicted octanol–water partition coefficient (Wildman–Crippen LogP) is 11.8. The molecule has 2 aliphatic carbocycles. The normalized spacial score (nSPS) is 19.8. The molecule has 2 heteroatoms. The van der Waals surface area contributed by atoms with Gasteiger partial charge in [-0.25, -0.2) is 0 Å². The molecule has 0 bridgehead atoms. The van der Waals surface area contributed by atoms with Crippen molar-refractivity contribution in [1.82, 2.24) is 0 Å². The van der Waals surface area contributed by atoms with E-state index in [4.69, 9.17) is 0 Å². The van der Waals surface area contributed by atoms with E-state index < -0.39 is 14.2 Å². The van der Waals surface area contributed by atoms with Crippen LogP contribution in [0.4, 0.5) is 0 Å². The third kappa shape index (κ3) is 4.45. The van der Waals surface area contributed by atoms with Crippen LogP contribution < -0.4 is 0 Å². The van der Waals surface area contributed by atoms with Gasteiger partial charge < -0.3 is 0 Å². The van der Waals surface area contributed by atoms with Crippen molar-refractivity contribution < 1.29 is 14.2 Å². The molecular weight excluding hydrogens is 699 g/mol. The maximum atomic E-state index is 2.83. The third-order valence-electron chi connectivity index (χ3n) is 12.5. The summed E-state index contributed by atoms with van der Waals surface area (Å²) in [6.45, 7) is 13.9. The Labute approximate surface area is 256 Å². The molecule has 0 fully saturated rings. The average Bonchev–Trinajstić information content (AvgIpc) is 3.62. The van der Waals surface area contributed by atoms with Gasteiger partial charge in [0.05, 0.1) is 0 Å². The summed E-state index contributed by atoms with van der Waals surface area (Å²) in [6.07, 6.45) is 12.8. The minimum absolute atomic E-state index is 0.430. The molecule has 0 nitrogen and oxygen atoms in total. The first-order chi connectivity index (χ1) is 20.1. The summed E-state index contributed by atoms with van der Waals surface area (Å²) < 4.78 is 10.7. The predicted molar refractivity (Wildman–Crippen MR) is 192 cm³/mol. The van der Waals surface area contributed by atoms with Gasteiger partial charge in [-0.15, -0.1) is 0 Å². The molecule has 0 N–H and O–H groups in total. The zero-order valence-electron chi connectivity index (χ0n) is 27.7. The van der Waals surface area contributed by atoms with Crippen LogP contribution in [-0.2, 0) is 14.2 Å². The standard InChI is InChI=1S/2C17H15.C4H9.3CH3.Hf.H2Si/c2*1-12-6-3-9-15(13(12)2)17-11-5-8-14-7-4-10-16(14)17;1-3-4-2;;;;;/h2*3-11H,1-2H3;1,3-4H2,2H3;3*1H3;;1H2. The van der Waals surface area contributed by atoms with E-state index in [1.54, 1.807) is 11.1 Å². The SMILES string of the molecule is CCC[CH2][Hf]([CH3])([CH3])([CH3])(=[SiH2])([CH]1C=Cc2c(-c3cccc(C)c3C)cccc21)[CH]1C=Cc2c(-c3cccc(C)c3C)cccc21. The molecular formula is C41H50HfSi. The summed E-state index contributed by atoms with van der Waals surface area (Å²) in [5.41, 5.74) is 17.0. The summed E-state index contributed by atoms with van der Waals surface area (Å²) in [6, 6.07) is 27.8. The van der Waals surface area contributed by atoms with Gasteiger partial charge in [-0.2, -0.15) is 0 Å². The third-order valence-corrected chi connectivity index (χ3v) is 58.5. The molecule has 0 saturated carbocycles. The van der Waals surface area contributed by atoms with Crippen molar-refractivity contribution >= 4 is 19.1 Å². The Morgan fingerprint density at radius 3 is 1.40 bits per heavy atom. The Balaban J connectivity index is 1.59. The molecule has 222 valence electrons. The van der Waals surface area contributed by atoms with Crippen LogP contribution in [0.15, 0.2) is 84.9 Å². The molecule has 4 aromatic rings. The molecule has 43 heavy (non-hydrogen) atoms. The van der Waals surface area contributed by atoms with Crippen molar-refractivity contribution in [3.8, 4) is 22.3 Å². The van der Waals surface area contributed by atoms with Crippen LogP contribution in [0.5, 0.6) is 0 Å². The van der Waals surface area contributed by atoms with Gasteiger partial charge in [0.25, 0.3) is 0 Å². The number of hydrogen-bond acceptors (Lipinski definition) is 0. The number of rotatable bonds is 7. The fourth-order valence-corrected chi connectivity index (χ4v) is 48.8. The fraction of sp³-hybridized carbons (Fsp3) is 0.317. The van der Waals surface area contributed by atoms with Gasteiger partial charge in [-0.1, -0.05) is 0 Å². The molecule has 2 atom stereocenters. The average molecular weight is 749 g/mol. The van der Waals surface area contributed by atoms with Crippen LogP contribution in [0, 0.1) is 27.7 Å². The van der Waals surface area contributed by atoms with Crippen LogP contribution in [0.25, 0.3) is 34.4 Å². The minimum atomic E-state index is -4.92. The van der Waals surface area contributed by atoms with Crippen molar-refractivity contribution in [3.05, 3.63) is 129 Å². The molecule has 0 radical (unpaired) electrons. The fourth-order valence-electron chi connectivity index (χ4n) is 9.28. The van der Waals surface area contributed by atoms with E-state index in [2.05, 4.69) is 153 Å². The number of unbranched alkanes of at least 4 members (excludes halogenated alkanes) is 1. The summed E-state index contributed by atoms with van der Waals surface area (Å²) >= 11 is -4.92. The van der Waals surface area contributed by atoms with E-state index in [0.29, 0.717) is 7.35 Å². The van der Waals surface area contributed by atoms with E-state index in [1.165, 1.54) is 72.7 Å². The first-order valence-corrected chi connectivity index (χ1v) is 42.3. The van der Waals surface area contributed by atoms with Crippen LogP contribution in [0.2, 0.25) is 18.2 Å². The monoisotopic (exact) mass is 750 g/mol. The van der Waals surface area contributed by atoms with E-state index in [1.807, 2.05) is 0 Å². The molecule has 0 saturated heterocycles. The second-order valence-corrected chi connectivity index (χ2v) is 99.2. The van der Waals surface area contributed by atoms with Crippen LogP contribution in [0.3, 0.4) is 0 Å². The van der Waals surface area contributed by atoms with Gasteiger partial charge in [0.2, 0.25) is 0 Å². The van der Waals surface area contributed by atoms with Gasteiger partial charge >= 0.3 is 258 Å². The molecule has 6 rings (SSSR count). The van der Waals surface area contributed by atoms with Crippen LogP contribution >= 0.6 is 0 Å². The molecule has 0 aliphatic heterocycles.